The molecule has 0 saturated heterocycles. The van der Waals surface area contributed by atoms with Gasteiger partial charge in [0.15, 0.2) is 0 Å². The first-order chi connectivity index (χ1) is 8.06. The molecule has 0 unspecified atom stereocenters. The van der Waals surface area contributed by atoms with Crippen LogP contribution in [0.5, 0.6) is 5.75 Å². The SMILES string of the molecule is CCC1(NC(=O)c2cc(Br)ccc2O)CCC1. The molecule has 1 fully saturated rings. The number of nitrogens with one attached hydrogen (secondary N) is 1. The normalized spacial score (nSPS) is 17.3. The first kappa shape index (κ1) is 12.4. The van der Waals surface area contributed by atoms with E-state index in [0.717, 1.165) is 23.7 Å². The second-order valence-electron chi connectivity index (χ2n) is 4.60. The van der Waals surface area contributed by atoms with Gasteiger partial charge in [0.05, 0.1) is 5.56 Å². The number of rotatable bonds is 3. The molecule has 17 heavy (non-hydrogen) atoms. The molecule has 4 heteroatoms. The maximum Gasteiger partial charge on any atom is 0.255 e. The minimum absolute atomic E-state index is 0.0243. The van der Waals surface area contributed by atoms with E-state index in [4.69, 9.17) is 0 Å². The van der Waals surface area contributed by atoms with Crippen molar-refractivity contribution in [1.82, 2.24) is 5.32 Å². The maximum atomic E-state index is 12.1. The molecule has 1 aliphatic rings. The number of hydrogen-bond acceptors (Lipinski definition) is 2. The van der Waals surface area contributed by atoms with Gasteiger partial charge >= 0.3 is 0 Å². The smallest absolute Gasteiger partial charge is 0.255 e. The number of carbonyl (C=O) groups excluding carboxylic acids is 1. The van der Waals surface area contributed by atoms with E-state index in [2.05, 4.69) is 28.2 Å². The van der Waals surface area contributed by atoms with Gasteiger partial charge in [0.2, 0.25) is 0 Å². The van der Waals surface area contributed by atoms with Gasteiger partial charge in [-0.3, -0.25) is 4.79 Å². The van der Waals surface area contributed by atoms with E-state index in [-0.39, 0.29) is 17.2 Å². The molecule has 1 aromatic carbocycles. The van der Waals surface area contributed by atoms with E-state index < -0.39 is 0 Å². The van der Waals surface area contributed by atoms with Crippen molar-refractivity contribution in [3.63, 3.8) is 0 Å². The lowest BCUT2D eigenvalue weighted by Crippen LogP contribution is -2.52. The highest BCUT2D eigenvalue weighted by atomic mass is 79.9. The van der Waals surface area contributed by atoms with Crippen LogP contribution in [0.4, 0.5) is 0 Å². The summed E-state index contributed by atoms with van der Waals surface area (Å²) >= 11 is 3.30. The van der Waals surface area contributed by atoms with Crippen molar-refractivity contribution in [2.24, 2.45) is 0 Å². The van der Waals surface area contributed by atoms with Crippen LogP contribution in [0.25, 0.3) is 0 Å². The lowest BCUT2D eigenvalue weighted by Gasteiger charge is -2.42. The van der Waals surface area contributed by atoms with Gasteiger partial charge in [-0.1, -0.05) is 22.9 Å². The molecule has 1 aromatic rings. The van der Waals surface area contributed by atoms with Crippen molar-refractivity contribution in [3.05, 3.63) is 28.2 Å². The summed E-state index contributed by atoms with van der Waals surface area (Å²) in [5.41, 5.74) is 0.283. The molecular weight excluding hydrogens is 282 g/mol. The number of halogens is 1. The van der Waals surface area contributed by atoms with Crippen LogP contribution in [-0.2, 0) is 0 Å². The van der Waals surface area contributed by atoms with Crippen molar-refractivity contribution in [3.8, 4) is 5.75 Å². The second-order valence-corrected chi connectivity index (χ2v) is 5.52. The zero-order valence-electron chi connectivity index (χ0n) is 9.79. The van der Waals surface area contributed by atoms with E-state index >= 15 is 0 Å². The molecule has 2 N–H and O–H groups in total. The number of phenols is 1. The first-order valence-electron chi connectivity index (χ1n) is 5.87. The fourth-order valence-electron chi connectivity index (χ4n) is 2.17. The topological polar surface area (TPSA) is 49.3 Å². The van der Waals surface area contributed by atoms with Crippen molar-refractivity contribution >= 4 is 21.8 Å². The molecule has 0 radical (unpaired) electrons. The molecule has 0 aliphatic heterocycles. The number of aromatic hydroxyl groups is 1. The van der Waals surface area contributed by atoms with Gasteiger partial charge in [0.1, 0.15) is 5.75 Å². The second kappa shape index (κ2) is 4.69. The summed E-state index contributed by atoms with van der Waals surface area (Å²) < 4.78 is 0.791. The Labute approximate surface area is 109 Å². The first-order valence-corrected chi connectivity index (χ1v) is 6.67. The Balaban J connectivity index is 2.17. The molecule has 0 spiro atoms. The number of carbonyl (C=O) groups is 1. The highest BCUT2D eigenvalue weighted by Gasteiger charge is 2.36. The van der Waals surface area contributed by atoms with Gasteiger partial charge in [0, 0.05) is 10.0 Å². The summed E-state index contributed by atoms with van der Waals surface area (Å²) in [6, 6.07) is 4.89. The van der Waals surface area contributed by atoms with E-state index in [9.17, 15) is 9.90 Å². The Bertz CT molecular complexity index is 436. The Morgan fingerprint density at radius 1 is 1.53 bits per heavy atom. The highest BCUT2D eigenvalue weighted by Crippen LogP contribution is 2.35. The van der Waals surface area contributed by atoms with E-state index in [1.807, 2.05) is 0 Å². The minimum Gasteiger partial charge on any atom is -0.507 e. The predicted octanol–water partition coefficient (Wildman–Crippen LogP) is 3.22. The molecule has 0 atom stereocenters. The average Bonchev–Trinajstić information content (AvgIpc) is 2.26. The third-order valence-corrected chi connectivity index (χ3v) is 4.06. The Kier molecular flexibility index (Phi) is 3.43. The van der Waals surface area contributed by atoms with E-state index in [1.165, 1.54) is 12.5 Å². The fraction of sp³-hybridized carbons (Fsp3) is 0.462. The van der Waals surface area contributed by atoms with Gasteiger partial charge in [-0.05, 0) is 43.9 Å². The summed E-state index contributed by atoms with van der Waals surface area (Å²) in [6.45, 7) is 2.08. The van der Waals surface area contributed by atoms with Gasteiger partial charge in [-0.25, -0.2) is 0 Å². The molecule has 0 aromatic heterocycles. The van der Waals surface area contributed by atoms with Crippen LogP contribution in [0, 0.1) is 0 Å². The summed E-state index contributed by atoms with van der Waals surface area (Å²) in [5, 5.41) is 12.7. The third kappa shape index (κ3) is 2.46. The Hall–Kier alpha value is -1.03. The summed E-state index contributed by atoms with van der Waals surface area (Å²) in [4.78, 5) is 12.1. The van der Waals surface area contributed by atoms with Crippen molar-refractivity contribution in [2.75, 3.05) is 0 Å². The molecule has 92 valence electrons. The quantitative estimate of drug-likeness (QED) is 0.900. The van der Waals surface area contributed by atoms with Crippen LogP contribution in [0.1, 0.15) is 43.0 Å². The summed E-state index contributed by atoms with van der Waals surface area (Å²) in [5.74, 6) is -0.165. The predicted molar refractivity (Wildman–Crippen MR) is 70.1 cm³/mol. The van der Waals surface area contributed by atoms with E-state index in [1.54, 1.807) is 12.1 Å². The monoisotopic (exact) mass is 297 g/mol. The molecule has 1 amide bonds. The molecule has 3 nitrogen and oxygen atoms in total. The summed E-state index contributed by atoms with van der Waals surface area (Å²) in [7, 11) is 0. The average molecular weight is 298 g/mol. The Morgan fingerprint density at radius 2 is 2.24 bits per heavy atom. The van der Waals surface area contributed by atoms with Gasteiger partial charge in [-0.2, -0.15) is 0 Å². The number of phenolic OH excluding ortho intramolecular Hbond substituents is 1. The van der Waals surface area contributed by atoms with Crippen LogP contribution in [0.15, 0.2) is 22.7 Å². The molecule has 1 saturated carbocycles. The molecule has 0 heterocycles. The number of amides is 1. The van der Waals surface area contributed by atoms with Crippen molar-refractivity contribution in [1.29, 1.82) is 0 Å². The third-order valence-electron chi connectivity index (χ3n) is 3.57. The van der Waals surface area contributed by atoms with Crippen LogP contribution < -0.4 is 5.32 Å². The standard InChI is InChI=1S/C13H16BrNO2/c1-2-13(6-3-7-13)15-12(17)10-8-9(14)4-5-11(10)16/h4-5,8,16H,2-3,6-7H2,1H3,(H,15,17). The lowest BCUT2D eigenvalue weighted by molar-refractivity contribution is 0.0817. The largest absolute Gasteiger partial charge is 0.507 e. The molecule has 1 aliphatic carbocycles. The molecular formula is C13H16BrNO2. The molecule has 2 rings (SSSR count). The van der Waals surface area contributed by atoms with Crippen molar-refractivity contribution < 1.29 is 9.90 Å². The lowest BCUT2D eigenvalue weighted by atomic mass is 9.74. The zero-order valence-corrected chi connectivity index (χ0v) is 11.4. The van der Waals surface area contributed by atoms with Crippen LogP contribution in [0.3, 0.4) is 0 Å². The number of benzene rings is 1. The van der Waals surface area contributed by atoms with Gasteiger partial charge in [0.25, 0.3) is 5.91 Å². The zero-order chi connectivity index (χ0) is 12.5. The summed E-state index contributed by atoms with van der Waals surface area (Å²) in [6.07, 6.45) is 4.17. The van der Waals surface area contributed by atoms with Crippen LogP contribution >= 0.6 is 15.9 Å². The van der Waals surface area contributed by atoms with Crippen molar-refractivity contribution in [2.45, 2.75) is 38.1 Å². The highest BCUT2D eigenvalue weighted by molar-refractivity contribution is 9.10. The van der Waals surface area contributed by atoms with Gasteiger partial charge in [-0.15, -0.1) is 0 Å². The fourth-order valence-corrected chi connectivity index (χ4v) is 2.53. The Morgan fingerprint density at radius 3 is 2.76 bits per heavy atom. The van der Waals surface area contributed by atoms with Crippen LogP contribution in [0.2, 0.25) is 0 Å². The molecule has 0 bridgehead atoms. The minimum atomic E-state index is -0.189. The van der Waals surface area contributed by atoms with E-state index in [0.29, 0.717) is 5.56 Å². The van der Waals surface area contributed by atoms with Crippen LogP contribution in [-0.4, -0.2) is 16.6 Å². The van der Waals surface area contributed by atoms with Gasteiger partial charge < -0.3 is 10.4 Å². The number of hydrogen-bond donors (Lipinski definition) is 2. The maximum absolute atomic E-state index is 12.1.